The van der Waals surface area contributed by atoms with Gasteiger partial charge in [-0.2, -0.15) is 0 Å². The third kappa shape index (κ3) is 5.29. The minimum atomic E-state index is -0.0600. The van der Waals surface area contributed by atoms with Crippen LogP contribution in [0.4, 0.5) is 11.4 Å². The number of nitrogens with zero attached hydrogens (tertiary/aromatic N) is 2. The third-order valence-electron chi connectivity index (χ3n) is 17.6. The number of rotatable bonds is 1. The summed E-state index contributed by atoms with van der Waals surface area (Å²) in [7, 11) is 0. The van der Waals surface area contributed by atoms with E-state index in [2.05, 4.69) is 195 Å². The molecule has 14 rings (SSSR count). The van der Waals surface area contributed by atoms with Gasteiger partial charge in [-0.3, -0.25) is 0 Å². The van der Waals surface area contributed by atoms with Crippen LogP contribution in [0.2, 0.25) is 0 Å². The molecule has 0 bridgehead atoms. The molecule has 0 N–H and O–H groups in total. The highest BCUT2D eigenvalue weighted by Crippen LogP contribution is 2.57. The first-order valence-electron chi connectivity index (χ1n) is 24.9. The van der Waals surface area contributed by atoms with Crippen molar-refractivity contribution in [1.29, 1.82) is 0 Å². The highest BCUT2D eigenvalue weighted by atomic mass is 32.1. The van der Waals surface area contributed by atoms with Crippen LogP contribution in [0.25, 0.3) is 79.0 Å². The van der Waals surface area contributed by atoms with E-state index in [9.17, 15) is 0 Å². The zero-order valence-electron chi connectivity index (χ0n) is 41.0. The molecule has 67 heavy (non-hydrogen) atoms. The van der Waals surface area contributed by atoms with E-state index < -0.39 is 0 Å². The highest BCUT2D eigenvalue weighted by Gasteiger charge is 2.49. The van der Waals surface area contributed by atoms with Crippen molar-refractivity contribution < 1.29 is 0 Å². The van der Waals surface area contributed by atoms with E-state index in [0.29, 0.717) is 0 Å². The van der Waals surface area contributed by atoms with E-state index in [4.69, 9.17) is 0 Å². The number of hydrogen-bond acceptors (Lipinski definition) is 3. The van der Waals surface area contributed by atoms with Crippen molar-refractivity contribution in [3.63, 3.8) is 0 Å². The fourth-order valence-corrected chi connectivity index (χ4v) is 15.9. The Balaban J connectivity index is 1.25. The molecular weight excluding hydrogens is 848 g/mol. The van der Waals surface area contributed by atoms with Crippen molar-refractivity contribution in [2.24, 2.45) is 0 Å². The lowest BCUT2D eigenvalue weighted by atomic mass is 9.43. The van der Waals surface area contributed by atoms with Crippen LogP contribution in [0.1, 0.15) is 130 Å². The van der Waals surface area contributed by atoms with Gasteiger partial charge in [0.2, 0.25) is 0 Å². The molecule has 2 aliphatic carbocycles. The minimum absolute atomic E-state index is 0.0465. The van der Waals surface area contributed by atoms with Gasteiger partial charge in [0.15, 0.2) is 0 Å². The molecule has 4 aliphatic rings. The molecule has 0 spiro atoms. The molecule has 5 heterocycles. The Kier molecular flexibility index (Phi) is 7.80. The molecular formula is C62H59BN2S2. The lowest BCUT2D eigenvalue weighted by molar-refractivity contribution is 0.332. The summed E-state index contributed by atoms with van der Waals surface area (Å²) in [5.74, 6) is 0. The molecule has 5 heteroatoms. The average Bonchev–Trinajstić information content (AvgIpc) is 3.97. The van der Waals surface area contributed by atoms with Gasteiger partial charge in [-0.15, -0.1) is 22.7 Å². The summed E-state index contributed by atoms with van der Waals surface area (Å²) in [4.78, 5) is 2.80. The number of anilines is 2. The topological polar surface area (TPSA) is 8.17 Å². The Hall–Kier alpha value is -5.36. The monoisotopic (exact) mass is 906 g/mol. The molecule has 0 saturated carbocycles. The molecule has 0 fully saturated rings. The largest absolute Gasteiger partial charge is 0.376 e. The van der Waals surface area contributed by atoms with Crippen LogP contribution in [0, 0.1) is 0 Å². The summed E-state index contributed by atoms with van der Waals surface area (Å²) >= 11 is 3.97. The van der Waals surface area contributed by atoms with Crippen molar-refractivity contribution in [2.75, 3.05) is 4.81 Å². The van der Waals surface area contributed by atoms with Gasteiger partial charge in [0.25, 0.3) is 0 Å². The Bertz CT molecular complexity index is 3860. The molecule has 3 aromatic heterocycles. The van der Waals surface area contributed by atoms with Gasteiger partial charge in [0.1, 0.15) is 0 Å². The van der Waals surface area contributed by atoms with Gasteiger partial charge in [-0.1, -0.05) is 131 Å². The van der Waals surface area contributed by atoms with E-state index in [1.54, 1.807) is 0 Å². The van der Waals surface area contributed by atoms with Crippen LogP contribution < -0.4 is 15.7 Å². The fraction of sp³-hybridized carbons (Fsp3) is 0.323. The first-order valence-corrected chi connectivity index (χ1v) is 26.5. The van der Waals surface area contributed by atoms with Gasteiger partial charge in [0.05, 0.1) is 11.0 Å². The number of hydrogen-bond donors (Lipinski definition) is 0. The van der Waals surface area contributed by atoms with Gasteiger partial charge >= 0.3 is 6.85 Å². The van der Waals surface area contributed by atoms with Crippen molar-refractivity contribution in [3.05, 3.63) is 137 Å². The molecule has 2 aliphatic heterocycles. The Morgan fingerprint density at radius 1 is 0.522 bits per heavy atom. The van der Waals surface area contributed by atoms with Crippen LogP contribution in [0.5, 0.6) is 0 Å². The van der Waals surface area contributed by atoms with Crippen LogP contribution in [0.3, 0.4) is 0 Å². The molecule has 10 aromatic rings. The van der Waals surface area contributed by atoms with E-state index in [1.807, 2.05) is 22.7 Å². The second-order valence-electron chi connectivity index (χ2n) is 24.6. The van der Waals surface area contributed by atoms with E-state index in [0.717, 1.165) is 0 Å². The number of benzene rings is 7. The van der Waals surface area contributed by atoms with Crippen molar-refractivity contribution in [2.45, 2.75) is 129 Å². The SMILES string of the molecule is CC(C)(C)c1ccc(N2B3c4cc5c(cc4-n4c6cc7c(cc6c6c8c(sc9ccccc98)c(c3c64)-c3cc4c(cc32)C(C)(C)CCC4(C)C)C(C)(C)CCC7(C)C)sc2ccccc25)cc1. The van der Waals surface area contributed by atoms with E-state index in [-0.39, 0.29) is 33.9 Å². The second-order valence-corrected chi connectivity index (χ2v) is 26.7. The lowest BCUT2D eigenvalue weighted by Crippen LogP contribution is -2.60. The molecule has 0 amide bonds. The zero-order chi connectivity index (χ0) is 46.1. The number of thiophene rings is 2. The Morgan fingerprint density at radius 2 is 1.10 bits per heavy atom. The molecule has 2 nitrogen and oxygen atoms in total. The molecule has 0 radical (unpaired) electrons. The van der Waals surface area contributed by atoms with Crippen LogP contribution >= 0.6 is 22.7 Å². The normalized spacial score (nSPS) is 18.6. The maximum Gasteiger partial charge on any atom is 0.333 e. The van der Waals surface area contributed by atoms with Crippen LogP contribution in [-0.2, 0) is 27.1 Å². The van der Waals surface area contributed by atoms with Crippen molar-refractivity contribution in [3.8, 4) is 16.8 Å². The first kappa shape index (κ1) is 40.7. The van der Waals surface area contributed by atoms with Gasteiger partial charge in [0, 0.05) is 79.3 Å². The first-order chi connectivity index (χ1) is 31.8. The predicted octanol–water partition coefficient (Wildman–Crippen LogP) is 16.8. The Labute approximate surface area is 403 Å². The summed E-state index contributed by atoms with van der Waals surface area (Å²) in [6, 6.07) is 44.0. The summed E-state index contributed by atoms with van der Waals surface area (Å²) in [6.07, 6.45) is 4.73. The number of aromatic nitrogens is 1. The average molecular weight is 907 g/mol. The maximum atomic E-state index is 2.80. The fourth-order valence-electron chi connectivity index (χ4n) is 13.5. The quantitative estimate of drug-likeness (QED) is 0.149. The molecule has 0 saturated heterocycles. The second kappa shape index (κ2) is 12.8. The van der Waals surface area contributed by atoms with Crippen molar-refractivity contribution >= 4 is 114 Å². The maximum absolute atomic E-state index is 2.80. The summed E-state index contributed by atoms with van der Waals surface area (Å²) in [5, 5.41) is 8.36. The van der Waals surface area contributed by atoms with Crippen LogP contribution in [-0.4, -0.2) is 11.4 Å². The van der Waals surface area contributed by atoms with Crippen LogP contribution in [0.15, 0.2) is 109 Å². The summed E-state index contributed by atoms with van der Waals surface area (Å²) in [5.41, 5.74) is 20.1. The number of fused-ring (bicyclic) bond motifs is 18. The van der Waals surface area contributed by atoms with E-state index in [1.165, 1.54) is 155 Å². The molecule has 332 valence electrons. The van der Waals surface area contributed by atoms with Crippen molar-refractivity contribution in [1.82, 2.24) is 4.57 Å². The summed E-state index contributed by atoms with van der Waals surface area (Å²) < 4.78 is 8.29. The molecule has 0 atom stereocenters. The third-order valence-corrected chi connectivity index (χ3v) is 20.0. The smallest absolute Gasteiger partial charge is 0.333 e. The minimum Gasteiger partial charge on any atom is -0.376 e. The predicted molar refractivity (Wildman–Crippen MR) is 295 cm³/mol. The molecule has 0 unspecified atom stereocenters. The standard InChI is InChI=1S/C62H59BN2S2/c1-58(2,3)34-20-22-35(23-21-34)65-47-32-44-42(60(6,7)25-27-62(44,10)11)29-40(47)54-55-56-52(53-37-17-13-15-19-50(37)67-57(53)54)39-28-41-43(61(8,9)26-24-59(41,4)5)31-46(39)64(56)48-33-51-38(30-45(48)63(55)65)36-16-12-14-18-49(36)66-51/h12-23,28-33H,24-27H2,1-11H3. The Morgan fingerprint density at radius 3 is 1.76 bits per heavy atom. The van der Waals surface area contributed by atoms with Gasteiger partial charge < -0.3 is 9.38 Å². The zero-order valence-corrected chi connectivity index (χ0v) is 42.6. The molecule has 7 aromatic carbocycles. The lowest BCUT2D eigenvalue weighted by Gasteiger charge is -2.46. The van der Waals surface area contributed by atoms with E-state index >= 15 is 0 Å². The van der Waals surface area contributed by atoms with Gasteiger partial charge in [-0.05, 0) is 146 Å². The summed E-state index contributed by atoms with van der Waals surface area (Å²) in [6.45, 7) is 26.9. The highest BCUT2D eigenvalue weighted by molar-refractivity contribution is 7.27. The van der Waals surface area contributed by atoms with Gasteiger partial charge in [-0.25, -0.2) is 0 Å².